The molecular formula is C14H15FN4O. The van der Waals surface area contributed by atoms with Crippen LogP contribution in [-0.4, -0.2) is 22.6 Å². The first-order chi connectivity index (χ1) is 9.61. The van der Waals surface area contributed by atoms with Crippen molar-refractivity contribution in [3.05, 3.63) is 41.0 Å². The Labute approximate surface area is 115 Å². The normalized spacial score (nSPS) is 13.6. The van der Waals surface area contributed by atoms with Crippen LogP contribution in [0.25, 0.3) is 0 Å². The molecular weight excluding hydrogens is 259 g/mol. The summed E-state index contributed by atoms with van der Waals surface area (Å²) in [6.45, 7) is 2.45. The van der Waals surface area contributed by atoms with Crippen molar-refractivity contribution < 1.29 is 9.18 Å². The lowest BCUT2D eigenvalue weighted by atomic mass is 10.1. The molecule has 0 unspecified atom stereocenters. The van der Waals surface area contributed by atoms with Gasteiger partial charge in [0.1, 0.15) is 5.82 Å². The maximum atomic E-state index is 13.4. The monoisotopic (exact) mass is 274 g/mol. The van der Waals surface area contributed by atoms with Gasteiger partial charge in [0.25, 0.3) is 5.91 Å². The molecule has 0 spiro atoms. The SMILES string of the molecule is CCc1[nH]nc(C(=O)N2CCc3ccc(F)cc32)c1N. The molecule has 2 heterocycles. The van der Waals surface area contributed by atoms with Crippen LogP contribution < -0.4 is 10.6 Å². The number of amides is 1. The van der Waals surface area contributed by atoms with Crippen molar-refractivity contribution in [1.29, 1.82) is 0 Å². The molecule has 1 aliphatic rings. The number of nitrogen functional groups attached to an aromatic ring is 1. The van der Waals surface area contributed by atoms with Gasteiger partial charge in [0.2, 0.25) is 0 Å². The highest BCUT2D eigenvalue weighted by Gasteiger charge is 2.29. The minimum atomic E-state index is -0.354. The first kappa shape index (κ1) is 12.7. The third kappa shape index (κ3) is 1.84. The zero-order valence-electron chi connectivity index (χ0n) is 11.1. The molecule has 0 fully saturated rings. The fourth-order valence-electron chi connectivity index (χ4n) is 2.51. The predicted octanol–water partition coefficient (Wildman–Crippen LogP) is 1.90. The quantitative estimate of drug-likeness (QED) is 0.878. The minimum Gasteiger partial charge on any atom is -0.395 e. The fourth-order valence-corrected chi connectivity index (χ4v) is 2.51. The van der Waals surface area contributed by atoms with Gasteiger partial charge in [-0.15, -0.1) is 0 Å². The summed E-state index contributed by atoms with van der Waals surface area (Å²) in [4.78, 5) is 14.0. The molecule has 1 aliphatic heterocycles. The number of aryl methyl sites for hydroxylation is 1. The molecule has 0 aliphatic carbocycles. The average Bonchev–Trinajstić information content (AvgIpc) is 3.01. The zero-order valence-corrected chi connectivity index (χ0v) is 11.1. The van der Waals surface area contributed by atoms with Gasteiger partial charge in [-0.05, 0) is 30.5 Å². The van der Waals surface area contributed by atoms with Gasteiger partial charge in [0.05, 0.1) is 17.1 Å². The second kappa shape index (κ2) is 4.63. The van der Waals surface area contributed by atoms with Gasteiger partial charge in [-0.3, -0.25) is 9.89 Å². The molecule has 0 atom stereocenters. The fraction of sp³-hybridized carbons (Fsp3) is 0.286. The number of aromatic nitrogens is 2. The van der Waals surface area contributed by atoms with Crippen LogP contribution >= 0.6 is 0 Å². The highest BCUT2D eigenvalue weighted by atomic mass is 19.1. The Hall–Kier alpha value is -2.37. The number of anilines is 2. The summed E-state index contributed by atoms with van der Waals surface area (Å²) < 4.78 is 13.4. The van der Waals surface area contributed by atoms with Crippen LogP contribution in [0.15, 0.2) is 18.2 Å². The van der Waals surface area contributed by atoms with Crippen LogP contribution in [0.2, 0.25) is 0 Å². The number of aromatic amines is 1. The summed E-state index contributed by atoms with van der Waals surface area (Å²) in [5, 5.41) is 6.76. The molecule has 2 aromatic rings. The van der Waals surface area contributed by atoms with Crippen molar-refractivity contribution in [2.75, 3.05) is 17.2 Å². The second-order valence-corrected chi connectivity index (χ2v) is 4.80. The average molecular weight is 274 g/mol. The van der Waals surface area contributed by atoms with E-state index >= 15 is 0 Å². The van der Waals surface area contributed by atoms with Crippen molar-refractivity contribution in [2.45, 2.75) is 19.8 Å². The molecule has 3 N–H and O–H groups in total. The Bertz CT molecular complexity index is 680. The number of nitrogens with zero attached hydrogens (tertiary/aromatic N) is 2. The minimum absolute atomic E-state index is 0.207. The van der Waals surface area contributed by atoms with Crippen LogP contribution in [0.1, 0.15) is 28.7 Å². The number of H-pyrrole nitrogens is 1. The van der Waals surface area contributed by atoms with Gasteiger partial charge < -0.3 is 10.6 Å². The summed E-state index contributed by atoms with van der Waals surface area (Å²) in [5.41, 5.74) is 8.81. The third-order valence-electron chi connectivity index (χ3n) is 3.63. The topological polar surface area (TPSA) is 75.0 Å². The lowest BCUT2D eigenvalue weighted by molar-refractivity contribution is 0.0985. The van der Waals surface area contributed by atoms with Crippen molar-refractivity contribution in [3.63, 3.8) is 0 Å². The molecule has 0 radical (unpaired) electrons. The number of nitrogens with two attached hydrogens (primary N) is 1. The van der Waals surface area contributed by atoms with Crippen molar-refractivity contribution in [3.8, 4) is 0 Å². The van der Waals surface area contributed by atoms with Gasteiger partial charge >= 0.3 is 0 Å². The Morgan fingerprint density at radius 3 is 3.05 bits per heavy atom. The number of rotatable bonds is 2. The number of halogens is 1. The van der Waals surface area contributed by atoms with Crippen LogP contribution in [0.3, 0.4) is 0 Å². The van der Waals surface area contributed by atoms with Crippen LogP contribution in [0.4, 0.5) is 15.8 Å². The van der Waals surface area contributed by atoms with Gasteiger partial charge in [-0.2, -0.15) is 5.10 Å². The highest BCUT2D eigenvalue weighted by molar-refractivity contribution is 6.09. The summed E-state index contributed by atoms with van der Waals surface area (Å²) >= 11 is 0. The van der Waals surface area contributed by atoms with E-state index in [4.69, 9.17) is 5.73 Å². The first-order valence-electron chi connectivity index (χ1n) is 6.54. The number of carbonyl (C=O) groups excluding carboxylic acids is 1. The first-order valence-corrected chi connectivity index (χ1v) is 6.54. The van der Waals surface area contributed by atoms with E-state index < -0.39 is 0 Å². The van der Waals surface area contributed by atoms with E-state index in [1.165, 1.54) is 17.0 Å². The summed E-state index contributed by atoms with van der Waals surface area (Å²) in [7, 11) is 0. The zero-order chi connectivity index (χ0) is 14.3. The van der Waals surface area contributed by atoms with E-state index in [1.807, 2.05) is 6.92 Å². The molecule has 3 rings (SSSR count). The largest absolute Gasteiger partial charge is 0.395 e. The van der Waals surface area contributed by atoms with E-state index in [9.17, 15) is 9.18 Å². The number of hydrogen-bond donors (Lipinski definition) is 2. The van der Waals surface area contributed by atoms with Crippen LogP contribution in [-0.2, 0) is 12.8 Å². The summed E-state index contributed by atoms with van der Waals surface area (Å²) in [6, 6.07) is 4.50. The van der Waals surface area contributed by atoms with Crippen molar-refractivity contribution >= 4 is 17.3 Å². The van der Waals surface area contributed by atoms with Crippen LogP contribution in [0, 0.1) is 5.82 Å². The molecule has 5 nitrogen and oxygen atoms in total. The van der Waals surface area contributed by atoms with E-state index in [-0.39, 0.29) is 17.4 Å². The van der Waals surface area contributed by atoms with Gasteiger partial charge in [-0.1, -0.05) is 13.0 Å². The molecule has 6 heteroatoms. The predicted molar refractivity (Wildman–Crippen MR) is 74.2 cm³/mol. The Kier molecular flexibility index (Phi) is 2.93. The lowest BCUT2D eigenvalue weighted by Crippen LogP contribution is -2.29. The van der Waals surface area contributed by atoms with E-state index in [0.717, 1.165) is 11.3 Å². The van der Waals surface area contributed by atoms with E-state index in [0.29, 0.717) is 30.8 Å². The molecule has 1 amide bonds. The Balaban J connectivity index is 1.97. The molecule has 0 bridgehead atoms. The van der Waals surface area contributed by atoms with E-state index in [2.05, 4.69) is 10.2 Å². The number of hydrogen-bond acceptors (Lipinski definition) is 3. The molecule has 0 saturated heterocycles. The molecule has 1 aromatic heterocycles. The Morgan fingerprint density at radius 2 is 2.35 bits per heavy atom. The maximum absolute atomic E-state index is 13.4. The lowest BCUT2D eigenvalue weighted by Gasteiger charge is -2.16. The van der Waals surface area contributed by atoms with Gasteiger partial charge in [0.15, 0.2) is 5.69 Å². The Morgan fingerprint density at radius 1 is 1.55 bits per heavy atom. The second-order valence-electron chi connectivity index (χ2n) is 4.80. The smallest absolute Gasteiger partial charge is 0.280 e. The number of benzene rings is 1. The standard InChI is InChI=1S/C14H15FN4O/c1-2-10-12(16)13(18-17-10)14(20)19-6-5-8-3-4-9(15)7-11(8)19/h3-4,7H,2,5-6,16H2,1H3,(H,17,18). The number of nitrogens with one attached hydrogen (secondary N) is 1. The number of carbonyl (C=O) groups is 1. The molecule has 0 saturated carbocycles. The summed E-state index contributed by atoms with van der Waals surface area (Å²) in [5.74, 6) is -0.643. The van der Waals surface area contributed by atoms with Gasteiger partial charge in [0, 0.05) is 6.54 Å². The summed E-state index contributed by atoms with van der Waals surface area (Å²) in [6.07, 6.45) is 1.39. The number of fused-ring (bicyclic) bond motifs is 1. The third-order valence-corrected chi connectivity index (χ3v) is 3.63. The van der Waals surface area contributed by atoms with Crippen LogP contribution in [0.5, 0.6) is 0 Å². The van der Waals surface area contributed by atoms with Crippen molar-refractivity contribution in [2.24, 2.45) is 0 Å². The van der Waals surface area contributed by atoms with E-state index in [1.54, 1.807) is 6.07 Å². The molecule has 1 aromatic carbocycles. The maximum Gasteiger partial charge on any atom is 0.280 e. The highest BCUT2D eigenvalue weighted by Crippen LogP contribution is 2.30. The van der Waals surface area contributed by atoms with Gasteiger partial charge in [-0.25, -0.2) is 4.39 Å². The van der Waals surface area contributed by atoms with Crippen molar-refractivity contribution in [1.82, 2.24) is 10.2 Å². The molecule has 104 valence electrons. The molecule has 20 heavy (non-hydrogen) atoms.